The topological polar surface area (TPSA) is 26.3 Å². The van der Waals surface area contributed by atoms with Crippen molar-refractivity contribution in [1.82, 2.24) is 0 Å². The molecule has 5 heteroatoms. The quantitative estimate of drug-likeness (QED) is 0.616. The van der Waals surface area contributed by atoms with Crippen LogP contribution in [-0.2, 0) is 3.79 Å². The maximum absolute atomic E-state index is 10.6. The number of alkyl halides is 3. The predicted molar refractivity (Wildman–Crippen MR) is 62.2 cm³/mol. The molecule has 0 saturated carbocycles. The van der Waals surface area contributed by atoms with E-state index in [1.54, 1.807) is 18.2 Å². The van der Waals surface area contributed by atoms with Gasteiger partial charge in [0.05, 0.1) is 6.61 Å². The van der Waals surface area contributed by atoms with E-state index in [4.69, 9.17) is 39.5 Å². The number of ether oxygens (including phenoxy) is 1. The van der Waals surface area contributed by atoms with E-state index < -0.39 is 3.79 Å². The fraction of sp³-hybridized carbons (Fsp3) is 0.300. The van der Waals surface area contributed by atoms with Crippen molar-refractivity contribution in [2.45, 2.75) is 10.7 Å². The van der Waals surface area contributed by atoms with Gasteiger partial charge in [0.15, 0.2) is 0 Å². The second-order valence-electron chi connectivity index (χ2n) is 2.80. The summed E-state index contributed by atoms with van der Waals surface area (Å²) in [6, 6.07) is 4.70. The highest BCUT2D eigenvalue weighted by Crippen LogP contribution is 2.43. The first kappa shape index (κ1) is 12.6. The summed E-state index contributed by atoms with van der Waals surface area (Å²) in [5, 5.41) is 0. The van der Waals surface area contributed by atoms with Gasteiger partial charge in [0.1, 0.15) is 12.0 Å². The SMILES string of the molecule is CCOc1cc(C=O)ccc1C(Cl)(Cl)Cl. The molecular weight excluding hydrogens is 258 g/mol. The highest BCUT2D eigenvalue weighted by atomic mass is 35.6. The summed E-state index contributed by atoms with van der Waals surface area (Å²) >= 11 is 17.3. The highest BCUT2D eigenvalue weighted by Gasteiger charge is 2.27. The Balaban J connectivity index is 3.20. The molecule has 0 unspecified atom stereocenters. The van der Waals surface area contributed by atoms with Crippen LogP contribution >= 0.6 is 34.8 Å². The molecule has 0 N–H and O–H groups in total. The first-order valence-corrected chi connectivity index (χ1v) is 5.41. The fourth-order valence-electron chi connectivity index (χ4n) is 1.12. The van der Waals surface area contributed by atoms with Crippen LogP contribution in [0.2, 0.25) is 0 Å². The molecule has 0 fully saturated rings. The minimum atomic E-state index is -1.55. The Morgan fingerprint density at radius 1 is 1.40 bits per heavy atom. The zero-order valence-electron chi connectivity index (χ0n) is 7.97. The van der Waals surface area contributed by atoms with Crippen molar-refractivity contribution < 1.29 is 9.53 Å². The van der Waals surface area contributed by atoms with Gasteiger partial charge >= 0.3 is 0 Å². The molecule has 0 aliphatic rings. The molecule has 0 atom stereocenters. The Hall–Kier alpha value is -0.440. The molecule has 2 nitrogen and oxygen atoms in total. The van der Waals surface area contributed by atoms with E-state index in [2.05, 4.69) is 0 Å². The molecule has 0 aliphatic heterocycles. The predicted octanol–water partition coefficient (Wildman–Crippen LogP) is 3.72. The summed E-state index contributed by atoms with van der Waals surface area (Å²) in [7, 11) is 0. The number of aldehydes is 1. The molecule has 0 saturated heterocycles. The number of halogens is 3. The van der Waals surface area contributed by atoms with Gasteiger partial charge in [-0.25, -0.2) is 0 Å². The summed E-state index contributed by atoms with van der Waals surface area (Å²) in [4.78, 5) is 10.6. The summed E-state index contributed by atoms with van der Waals surface area (Å²) in [5.74, 6) is 0.419. The minimum Gasteiger partial charge on any atom is -0.493 e. The van der Waals surface area contributed by atoms with Crippen molar-refractivity contribution in [2.24, 2.45) is 0 Å². The highest BCUT2D eigenvalue weighted by molar-refractivity contribution is 6.66. The average molecular weight is 268 g/mol. The molecule has 0 spiro atoms. The first-order chi connectivity index (χ1) is 6.99. The van der Waals surface area contributed by atoms with Crippen molar-refractivity contribution >= 4 is 41.1 Å². The number of carbonyl (C=O) groups is 1. The molecule has 0 amide bonds. The Morgan fingerprint density at radius 2 is 2.07 bits per heavy atom. The fourth-order valence-corrected chi connectivity index (χ4v) is 1.59. The molecule has 1 aromatic rings. The standard InChI is InChI=1S/C10H9Cl3O2/c1-2-15-9-5-7(6-14)3-4-8(9)10(11,12)13/h3-6H,2H2,1H3. The van der Waals surface area contributed by atoms with Gasteiger partial charge in [-0.15, -0.1) is 0 Å². The lowest BCUT2D eigenvalue weighted by molar-refractivity contribution is 0.112. The number of benzene rings is 1. The largest absolute Gasteiger partial charge is 0.493 e. The van der Waals surface area contributed by atoms with Crippen LogP contribution in [0.25, 0.3) is 0 Å². The van der Waals surface area contributed by atoms with Gasteiger partial charge in [-0.2, -0.15) is 0 Å². The Bertz CT molecular complexity index is 358. The van der Waals surface area contributed by atoms with Gasteiger partial charge < -0.3 is 4.74 Å². The summed E-state index contributed by atoms with van der Waals surface area (Å²) in [6.07, 6.45) is 0.713. The summed E-state index contributed by atoms with van der Waals surface area (Å²) in [5.41, 5.74) is 0.913. The normalized spacial score (nSPS) is 11.2. The van der Waals surface area contributed by atoms with Crippen molar-refractivity contribution in [3.05, 3.63) is 29.3 Å². The van der Waals surface area contributed by atoms with Gasteiger partial charge in [0, 0.05) is 11.1 Å². The number of hydrogen-bond donors (Lipinski definition) is 0. The van der Waals surface area contributed by atoms with E-state index >= 15 is 0 Å². The molecule has 0 aliphatic carbocycles. The minimum absolute atomic E-state index is 0.419. The molecule has 82 valence electrons. The van der Waals surface area contributed by atoms with Gasteiger partial charge in [-0.05, 0) is 13.0 Å². The van der Waals surface area contributed by atoms with E-state index in [1.807, 2.05) is 6.92 Å². The Kier molecular flexibility index (Phi) is 4.26. The molecular formula is C10H9Cl3O2. The first-order valence-electron chi connectivity index (χ1n) is 4.28. The van der Waals surface area contributed by atoms with Crippen molar-refractivity contribution in [1.29, 1.82) is 0 Å². The second-order valence-corrected chi connectivity index (χ2v) is 5.09. The molecule has 0 radical (unpaired) electrons. The van der Waals surface area contributed by atoms with Crippen LogP contribution in [0.15, 0.2) is 18.2 Å². The molecule has 1 rings (SSSR count). The maximum Gasteiger partial charge on any atom is 0.219 e. The lowest BCUT2D eigenvalue weighted by Gasteiger charge is -2.16. The van der Waals surface area contributed by atoms with Crippen LogP contribution in [0.4, 0.5) is 0 Å². The monoisotopic (exact) mass is 266 g/mol. The van der Waals surface area contributed by atoms with Gasteiger partial charge in [-0.1, -0.05) is 46.9 Å². The van der Waals surface area contributed by atoms with Crippen molar-refractivity contribution in [3.63, 3.8) is 0 Å². The van der Waals surface area contributed by atoms with Crippen LogP contribution in [0.1, 0.15) is 22.8 Å². The summed E-state index contributed by atoms with van der Waals surface area (Å²) in [6.45, 7) is 2.26. The average Bonchev–Trinajstić information content (AvgIpc) is 2.16. The van der Waals surface area contributed by atoms with E-state index in [9.17, 15) is 4.79 Å². The van der Waals surface area contributed by atoms with Gasteiger partial charge in [0.25, 0.3) is 0 Å². The second kappa shape index (κ2) is 5.06. The van der Waals surface area contributed by atoms with E-state index in [0.717, 1.165) is 0 Å². The van der Waals surface area contributed by atoms with Crippen LogP contribution in [-0.4, -0.2) is 12.9 Å². The third kappa shape index (κ3) is 3.26. The Labute approximate surface area is 103 Å². The van der Waals surface area contributed by atoms with Crippen LogP contribution in [0.3, 0.4) is 0 Å². The number of carbonyl (C=O) groups excluding carboxylic acids is 1. The smallest absolute Gasteiger partial charge is 0.219 e. The maximum atomic E-state index is 10.6. The zero-order valence-corrected chi connectivity index (χ0v) is 10.2. The molecule has 0 bridgehead atoms. The third-order valence-electron chi connectivity index (χ3n) is 1.75. The number of hydrogen-bond acceptors (Lipinski definition) is 2. The van der Waals surface area contributed by atoms with Crippen molar-refractivity contribution in [3.8, 4) is 5.75 Å². The van der Waals surface area contributed by atoms with Crippen LogP contribution in [0.5, 0.6) is 5.75 Å². The van der Waals surface area contributed by atoms with Crippen LogP contribution < -0.4 is 4.74 Å². The van der Waals surface area contributed by atoms with Gasteiger partial charge in [-0.3, -0.25) is 4.79 Å². The zero-order chi connectivity index (χ0) is 11.5. The lowest BCUT2D eigenvalue weighted by Crippen LogP contribution is -2.05. The van der Waals surface area contributed by atoms with Crippen LogP contribution in [0, 0.1) is 0 Å². The van der Waals surface area contributed by atoms with E-state index in [1.165, 1.54) is 0 Å². The van der Waals surface area contributed by atoms with Gasteiger partial charge in [0.2, 0.25) is 3.79 Å². The number of rotatable bonds is 3. The molecule has 15 heavy (non-hydrogen) atoms. The Morgan fingerprint density at radius 3 is 2.53 bits per heavy atom. The lowest BCUT2D eigenvalue weighted by atomic mass is 10.1. The van der Waals surface area contributed by atoms with Crippen molar-refractivity contribution in [2.75, 3.05) is 6.61 Å². The summed E-state index contributed by atoms with van der Waals surface area (Å²) < 4.78 is 3.74. The van der Waals surface area contributed by atoms with E-state index in [0.29, 0.717) is 29.8 Å². The molecule has 0 heterocycles. The molecule has 1 aromatic carbocycles. The van der Waals surface area contributed by atoms with E-state index in [-0.39, 0.29) is 0 Å². The third-order valence-corrected chi connectivity index (χ3v) is 2.36. The molecule has 0 aromatic heterocycles.